The number of benzene rings is 2. The lowest BCUT2D eigenvalue weighted by molar-refractivity contribution is -0.153. The highest BCUT2D eigenvalue weighted by molar-refractivity contribution is 5.96. The Morgan fingerprint density at radius 2 is 1.81 bits per heavy atom. The van der Waals surface area contributed by atoms with Crippen LogP contribution in [0, 0.1) is 13.8 Å². The van der Waals surface area contributed by atoms with E-state index in [1.165, 1.54) is 0 Å². The number of hydrogen-bond acceptors (Lipinski definition) is 5. The minimum absolute atomic E-state index is 0.181. The molecule has 0 aliphatic carbocycles. The van der Waals surface area contributed by atoms with E-state index in [2.05, 4.69) is 5.32 Å². The van der Waals surface area contributed by atoms with Gasteiger partial charge in [-0.15, -0.1) is 0 Å². The molecular weight excluding hydrogens is 346 g/mol. The topological polar surface area (TPSA) is 73.9 Å². The zero-order valence-electron chi connectivity index (χ0n) is 15.7. The van der Waals surface area contributed by atoms with Crippen molar-refractivity contribution in [1.29, 1.82) is 0 Å². The number of rotatable bonds is 6. The zero-order valence-corrected chi connectivity index (χ0v) is 15.7. The Morgan fingerprint density at radius 3 is 2.56 bits per heavy atom. The lowest BCUT2D eigenvalue weighted by atomic mass is 10.1. The van der Waals surface area contributed by atoms with Crippen LogP contribution in [0.25, 0.3) is 0 Å². The van der Waals surface area contributed by atoms with Gasteiger partial charge in [0.2, 0.25) is 6.79 Å². The Bertz CT molecular complexity index is 841. The second kappa shape index (κ2) is 8.12. The lowest BCUT2D eigenvalue weighted by Gasteiger charge is -2.16. The first-order valence-corrected chi connectivity index (χ1v) is 8.89. The third-order valence-corrected chi connectivity index (χ3v) is 4.46. The molecule has 0 saturated carbocycles. The summed E-state index contributed by atoms with van der Waals surface area (Å²) in [5, 5.41) is 2.84. The molecular formula is C21H23NO5. The Kier molecular flexibility index (Phi) is 5.64. The molecule has 6 nitrogen and oxygen atoms in total. The summed E-state index contributed by atoms with van der Waals surface area (Å²) < 4.78 is 15.9. The highest BCUT2D eigenvalue weighted by Crippen LogP contribution is 2.32. The fraction of sp³-hybridized carbons (Fsp3) is 0.333. The van der Waals surface area contributed by atoms with E-state index in [-0.39, 0.29) is 19.1 Å². The van der Waals surface area contributed by atoms with Gasteiger partial charge >= 0.3 is 5.97 Å². The number of carbonyl (C=O) groups is 2. The van der Waals surface area contributed by atoms with E-state index in [1.54, 1.807) is 6.92 Å². The number of fused-ring (bicyclic) bond motifs is 1. The van der Waals surface area contributed by atoms with Crippen LogP contribution >= 0.6 is 0 Å². The zero-order chi connectivity index (χ0) is 19.4. The minimum atomic E-state index is -0.867. The molecule has 3 rings (SSSR count). The second-order valence-corrected chi connectivity index (χ2v) is 6.58. The van der Waals surface area contributed by atoms with Crippen molar-refractivity contribution in [2.24, 2.45) is 0 Å². The van der Waals surface area contributed by atoms with Gasteiger partial charge in [-0.25, -0.2) is 0 Å². The number of esters is 1. The number of hydrogen-bond donors (Lipinski definition) is 1. The van der Waals surface area contributed by atoms with Crippen molar-refractivity contribution in [3.05, 3.63) is 53.1 Å². The van der Waals surface area contributed by atoms with Crippen LogP contribution < -0.4 is 14.8 Å². The van der Waals surface area contributed by atoms with Crippen LogP contribution in [0.4, 0.5) is 5.69 Å². The molecule has 1 unspecified atom stereocenters. The molecule has 0 aromatic heterocycles. The van der Waals surface area contributed by atoms with E-state index in [9.17, 15) is 9.59 Å². The standard InChI is InChI=1S/C21H23NO5/c1-13-5-4-6-14(2)20(13)22-21(24)15(3)27-19(23)10-8-16-7-9-17-18(11-16)26-12-25-17/h4-7,9,11,15H,8,10,12H2,1-3H3,(H,22,24). The predicted octanol–water partition coefficient (Wildman–Crippen LogP) is 3.54. The monoisotopic (exact) mass is 369 g/mol. The van der Waals surface area contributed by atoms with Gasteiger partial charge in [0.25, 0.3) is 5.91 Å². The van der Waals surface area contributed by atoms with Gasteiger partial charge in [-0.2, -0.15) is 0 Å². The third-order valence-electron chi connectivity index (χ3n) is 4.46. The molecule has 0 saturated heterocycles. The molecule has 1 N–H and O–H groups in total. The molecule has 0 fully saturated rings. The van der Waals surface area contributed by atoms with Crippen LogP contribution in [0.2, 0.25) is 0 Å². The molecule has 2 aromatic rings. The molecule has 27 heavy (non-hydrogen) atoms. The maximum Gasteiger partial charge on any atom is 0.306 e. The van der Waals surface area contributed by atoms with Crippen molar-refractivity contribution in [3.63, 3.8) is 0 Å². The molecule has 0 spiro atoms. The quantitative estimate of drug-likeness (QED) is 0.789. The van der Waals surface area contributed by atoms with Gasteiger partial charge < -0.3 is 19.5 Å². The van der Waals surface area contributed by atoms with Crippen molar-refractivity contribution < 1.29 is 23.8 Å². The number of para-hydroxylation sites is 1. The summed E-state index contributed by atoms with van der Waals surface area (Å²) >= 11 is 0. The van der Waals surface area contributed by atoms with Gasteiger partial charge in [-0.1, -0.05) is 24.3 Å². The number of carbonyl (C=O) groups excluding carboxylic acids is 2. The number of amides is 1. The molecule has 0 bridgehead atoms. The molecule has 2 aromatic carbocycles. The smallest absolute Gasteiger partial charge is 0.306 e. The van der Waals surface area contributed by atoms with E-state index in [1.807, 2.05) is 50.2 Å². The van der Waals surface area contributed by atoms with Crippen LogP contribution in [0.15, 0.2) is 36.4 Å². The number of aryl methyl sites for hydroxylation is 3. The molecule has 1 amide bonds. The SMILES string of the molecule is Cc1cccc(C)c1NC(=O)C(C)OC(=O)CCc1ccc2c(c1)OCO2. The minimum Gasteiger partial charge on any atom is -0.454 e. The van der Waals surface area contributed by atoms with Crippen molar-refractivity contribution in [1.82, 2.24) is 0 Å². The average molecular weight is 369 g/mol. The van der Waals surface area contributed by atoms with Crippen molar-refractivity contribution in [2.75, 3.05) is 12.1 Å². The molecule has 1 aliphatic heterocycles. The Balaban J connectivity index is 1.50. The van der Waals surface area contributed by atoms with Gasteiger partial charge in [0.05, 0.1) is 0 Å². The van der Waals surface area contributed by atoms with E-state index < -0.39 is 12.1 Å². The van der Waals surface area contributed by atoms with Crippen molar-refractivity contribution in [3.8, 4) is 11.5 Å². The largest absolute Gasteiger partial charge is 0.454 e. The first-order valence-electron chi connectivity index (χ1n) is 8.89. The van der Waals surface area contributed by atoms with Gasteiger partial charge in [0, 0.05) is 12.1 Å². The molecule has 142 valence electrons. The average Bonchev–Trinajstić information content (AvgIpc) is 3.10. The van der Waals surface area contributed by atoms with Crippen LogP contribution in [0.5, 0.6) is 11.5 Å². The van der Waals surface area contributed by atoms with Crippen LogP contribution in [-0.4, -0.2) is 24.8 Å². The fourth-order valence-corrected chi connectivity index (χ4v) is 2.89. The van der Waals surface area contributed by atoms with E-state index in [0.717, 1.165) is 22.4 Å². The molecule has 6 heteroatoms. The summed E-state index contributed by atoms with van der Waals surface area (Å²) in [6.07, 6.45) is -0.185. The first kappa shape index (κ1) is 18.8. The molecule has 0 radical (unpaired) electrons. The highest BCUT2D eigenvalue weighted by atomic mass is 16.7. The van der Waals surface area contributed by atoms with Crippen LogP contribution in [0.1, 0.15) is 30.0 Å². The number of ether oxygens (including phenoxy) is 3. The maximum atomic E-state index is 12.3. The highest BCUT2D eigenvalue weighted by Gasteiger charge is 2.19. The van der Waals surface area contributed by atoms with Gasteiger partial charge in [-0.05, 0) is 56.0 Å². The molecule has 1 heterocycles. The van der Waals surface area contributed by atoms with Crippen molar-refractivity contribution >= 4 is 17.6 Å². The van der Waals surface area contributed by atoms with Gasteiger partial charge in [0.15, 0.2) is 17.6 Å². The predicted molar refractivity (Wildman–Crippen MR) is 101 cm³/mol. The van der Waals surface area contributed by atoms with Crippen molar-refractivity contribution in [2.45, 2.75) is 39.7 Å². The molecule has 1 atom stereocenters. The van der Waals surface area contributed by atoms with E-state index in [4.69, 9.17) is 14.2 Å². The Hall–Kier alpha value is -3.02. The first-order chi connectivity index (χ1) is 12.9. The molecule has 1 aliphatic rings. The Morgan fingerprint density at radius 1 is 1.11 bits per heavy atom. The number of anilines is 1. The van der Waals surface area contributed by atoms with Crippen LogP contribution in [0.3, 0.4) is 0 Å². The van der Waals surface area contributed by atoms with Crippen LogP contribution in [-0.2, 0) is 20.7 Å². The third kappa shape index (κ3) is 4.58. The van der Waals surface area contributed by atoms with Gasteiger partial charge in [0.1, 0.15) is 0 Å². The fourth-order valence-electron chi connectivity index (χ4n) is 2.89. The summed E-state index contributed by atoms with van der Waals surface area (Å²) in [4.78, 5) is 24.4. The lowest BCUT2D eigenvalue weighted by Crippen LogP contribution is -2.30. The summed E-state index contributed by atoms with van der Waals surface area (Å²) in [6.45, 7) is 5.63. The maximum absolute atomic E-state index is 12.3. The summed E-state index contributed by atoms with van der Waals surface area (Å²) in [6, 6.07) is 11.3. The van der Waals surface area contributed by atoms with E-state index in [0.29, 0.717) is 17.9 Å². The van der Waals surface area contributed by atoms with Gasteiger partial charge in [-0.3, -0.25) is 9.59 Å². The number of nitrogens with one attached hydrogen (secondary N) is 1. The summed E-state index contributed by atoms with van der Waals surface area (Å²) in [5.74, 6) is 0.626. The Labute approximate surface area is 158 Å². The normalized spacial score (nSPS) is 13.1. The van der Waals surface area contributed by atoms with E-state index >= 15 is 0 Å². The second-order valence-electron chi connectivity index (χ2n) is 6.58. The summed E-state index contributed by atoms with van der Waals surface area (Å²) in [7, 11) is 0. The summed E-state index contributed by atoms with van der Waals surface area (Å²) in [5.41, 5.74) is 3.63.